The van der Waals surface area contributed by atoms with Crippen molar-refractivity contribution in [2.45, 2.75) is 11.6 Å². The van der Waals surface area contributed by atoms with Crippen LogP contribution in [-0.2, 0) is 11.2 Å². The van der Waals surface area contributed by atoms with Crippen LogP contribution in [0.5, 0.6) is 5.75 Å². The Labute approximate surface area is 168 Å². The SMILES string of the molecule is COc1ccc(Cc2nnc(SCC(=O)Nc3ccccc3I)o2)cc1. The third kappa shape index (κ3) is 5.21. The normalized spacial score (nSPS) is 10.5. The van der Waals surface area contributed by atoms with Gasteiger partial charge < -0.3 is 14.5 Å². The molecule has 0 saturated heterocycles. The maximum Gasteiger partial charge on any atom is 0.277 e. The van der Waals surface area contributed by atoms with Crippen molar-refractivity contribution >= 4 is 45.9 Å². The fourth-order valence-corrected chi connectivity index (χ4v) is 3.26. The van der Waals surface area contributed by atoms with Crippen LogP contribution < -0.4 is 10.1 Å². The molecule has 1 amide bonds. The highest BCUT2D eigenvalue weighted by Crippen LogP contribution is 2.21. The second-order valence-electron chi connectivity index (χ2n) is 5.30. The van der Waals surface area contributed by atoms with Gasteiger partial charge in [-0.3, -0.25) is 4.79 Å². The van der Waals surface area contributed by atoms with Crippen LogP contribution in [-0.4, -0.2) is 29.0 Å². The molecular weight excluding hydrogens is 465 g/mol. The molecule has 0 aliphatic carbocycles. The lowest BCUT2D eigenvalue weighted by Crippen LogP contribution is -2.14. The molecule has 6 nitrogen and oxygen atoms in total. The lowest BCUT2D eigenvalue weighted by atomic mass is 10.1. The van der Waals surface area contributed by atoms with Gasteiger partial charge in [-0.2, -0.15) is 0 Å². The Morgan fingerprint density at radius 2 is 1.96 bits per heavy atom. The monoisotopic (exact) mass is 481 g/mol. The molecular formula is C18H16IN3O3S. The molecule has 3 rings (SSSR count). The Morgan fingerprint density at radius 3 is 2.69 bits per heavy atom. The number of benzene rings is 2. The zero-order chi connectivity index (χ0) is 18.4. The van der Waals surface area contributed by atoms with E-state index in [0.717, 1.165) is 20.6 Å². The van der Waals surface area contributed by atoms with Gasteiger partial charge in [0.1, 0.15) is 5.75 Å². The molecule has 0 aliphatic rings. The van der Waals surface area contributed by atoms with Crippen LogP contribution in [0.25, 0.3) is 0 Å². The van der Waals surface area contributed by atoms with Crippen molar-refractivity contribution in [2.24, 2.45) is 0 Å². The molecule has 8 heteroatoms. The Bertz CT molecular complexity index is 883. The highest BCUT2D eigenvalue weighted by molar-refractivity contribution is 14.1. The Balaban J connectivity index is 1.51. The summed E-state index contributed by atoms with van der Waals surface area (Å²) in [5.41, 5.74) is 1.84. The van der Waals surface area contributed by atoms with Crippen molar-refractivity contribution in [3.05, 3.63) is 63.6 Å². The number of carbonyl (C=O) groups excluding carboxylic acids is 1. The van der Waals surface area contributed by atoms with Crippen LogP contribution in [0.4, 0.5) is 5.69 Å². The van der Waals surface area contributed by atoms with E-state index in [4.69, 9.17) is 9.15 Å². The zero-order valence-electron chi connectivity index (χ0n) is 13.9. The molecule has 0 bridgehead atoms. The third-order valence-corrected chi connectivity index (χ3v) is 5.20. The molecule has 0 atom stereocenters. The standard InChI is InChI=1S/C18H16IN3O3S/c1-24-13-8-6-12(7-9-13)10-17-21-22-18(25-17)26-11-16(23)20-15-5-3-2-4-14(15)19/h2-9H,10-11H2,1H3,(H,20,23). The van der Waals surface area contributed by atoms with E-state index >= 15 is 0 Å². The first-order chi connectivity index (χ1) is 12.6. The van der Waals surface area contributed by atoms with E-state index in [1.807, 2.05) is 48.5 Å². The predicted molar refractivity (Wildman–Crippen MR) is 109 cm³/mol. The van der Waals surface area contributed by atoms with Crippen molar-refractivity contribution in [2.75, 3.05) is 18.2 Å². The number of ether oxygens (including phenoxy) is 1. The molecule has 0 saturated carbocycles. The van der Waals surface area contributed by atoms with E-state index in [1.165, 1.54) is 11.8 Å². The first kappa shape index (κ1) is 18.7. The number of nitrogens with zero attached hydrogens (tertiary/aromatic N) is 2. The van der Waals surface area contributed by atoms with Gasteiger partial charge in [0, 0.05) is 3.57 Å². The minimum atomic E-state index is -0.117. The van der Waals surface area contributed by atoms with Crippen LogP contribution in [0, 0.1) is 3.57 Å². The van der Waals surface area contributed by atoms with Gasteiger partial charge in [-0.1, -0.05) is 36.0 Å². The number of hydrogen-bond donors (Lipinski definition) is 1. The molecule has 26 heavy (non-hydrogen) atoms. The van der Waals surface area contributed by atoms with Crippen molar-refractivity contribution < 1.29 is 13.9 Å². The first-order valence-corrected chi connectivity index (χ1v) is 9.83. The minimum Gasteiger partial charge on any atom is -0.497 e. The van der Waals surface area contributed by atoms with Gasteiger partial charge in [0.15, 0.2) is 0 Å². The number of aromatic nitrogens is 2. The molecule has 1 aromatic heterocycles. The van der Waals surface area contributed by atoms with E-state index < -0.39 is 0 Å². The van der Waals surface area contributed by atoms with Gasteiger partial charge >= 0.3 is 0 Å². The Kier molecular flexibility index (Phi) is 6.51. The lowest BCUT2D eigenvalue weighted by Gasteiger charge is -2.05. The van der Waals surface area contributed by atoms with E-state index in [1.54, 1.807) is 7.11 Å². The molecule has 0 unspecified atom stereocenters. The zero-order valence-corrected chi connectivity index (χ0v) is 16.9. The number of amides is 1. The van der Waals surface area contributed by atoms with E-state index in [2.05, 4.69) is 38.1 Å². The van der Waals surface area contributed by atoms with Crippen LogP contribution in [0.2, 0.25) is 0 Å². The molecule has 0 fully saturated rings. The number of anilines is 1. The summed E-state index contributed by atoms with van der Waals surface area (Å²) in [5.74, 6) is 1.40. The largest absolute Gasteiger partial charge is 0.497 e. The quantitative estimate of drug-likeness (QED) is 0.406. The van der Waals surface area contributed by atoms with Crippen LogP contribution in [0.3, 0.4) is 0 Å². The van der Waals surface area contributed by atoms with Gasteiger partial charge in [-0.15, -0.1) is 10.2 Å². The van der Waals surface area contributed by atoms with Crippen LogP contribution >= 0.6 is 34.4 Å². The highest BCUT2D eigenvalue weighted by atomic mass is 127. The van der Waals surface area contributed by atoms with Crippen LogP contribution in [0.15, 0.2) is 58.2 Å². The number of hydrogen-bond acceptors (Lipinski definition) is 6. The Morgan fingerprint density at radius 1 is 1.19 bits per heavy atom. The first-order valence-electron chi connectivity index (χ1n) is 7.76. The van der Waals surface area contributed by atoms with Crippen LogP contribution in [0.1, 0.15) is 11.5 Å². The Hall–Kier alpha value is -2.07. The minimum absolute atomic E-state index is 0.117. The summed E-state index contributed by atoms with van der Waals surface area (Å²) >= 11 is 3.40. The average Bonchev–Trinajstić information content (AvgIpc) is 3.10. The summed E-state index contributed by atoms with van der Waals surface area (Å²) in [6, 6.07) is 15.3. The second kappa shape index (κ2) is 9.04. The van der Waals surface area contributed by atoms with Gasteiger partial charge in [0.25, 0.3) is 5.22 Å². The highest BCUT2D eigenvalue weighted by Gasteiger charge is 2.11. The van der Waals surface area contributed by atoms with E-state index in [9.17, 15) is 4.79 Å². The molecule has 1 N–H and O–H groups in total. The molecule has 3 aromatic rings. The molecule has 0 aliphatic heterocycles. The molecule has 2 aromatic carbocycles. The van der Waals surface area contributed by atoms with Gasteiger partial charge in [0.05, 0.1) is 25.0 Å². The number of methoxy groups -OCH3 is 1. The van der Waals surface area contributed by atoms with Crippen molar-refractivity contribution in [3.8, 4) is 5.75 Å². The van der Waals surface area contributed by atoms with Gasteiger partial charge in [-0.25, -0.2) is 0 Å². The summed E-state index contributed by atoms with van der Waals surface area (Å²) < 4.78 is 11.7. The number of para-hydroxylation sites is 1. The summed E-state index contributed by atoms with van der Waals surface area (Å²) in [7, 11) is 1.63. The van der Waals surface area contributed by atoms with Gasteiger partial charge in [0.2, 0.25) is 11.8 Å². The number of thioether (sulfide) groups is 1. The molecule has 1 heterocycles. The maximum absolute atomic E-state index is 12.1. The number of nitrogens with one attached hydrogen (secondary N) is 1. The van der Waals surface area contributed by atoms with E-state index in [0.29, 0.717) is 17.5 Å². The number of carbonyl (C=O) groups is 1. The fourth-order valence-electron chi connectivity index (χ4n) is 2.16. The smallest absolute Gasteiger partial charge is 0.277 e. The fraction of sp³-hybridized carbons (Fsp3) is 0.167. The van der Waals surface area contributed by atoms with E-state index in [-0.39, 0.29) is 11.7 Å². The molecule has 0 radical (unpaired) electrons. The molecule has 134 valence electrons. The summed E-state index contributed by atoms with van der Waals surface area (Å²) in [6.45, 7) is 0. The number of rotatable bonds is 7. The average molecular weight is 481 g/mol. The summed E-state index contributed by atoms with van der Waals surface area (Å²) in [6.07, 6.45) is 0.534. The molecule has 0 spiro atoms. The number of halogens is 1. The topological polar surface area (TPSA) is 77.2 Å². The van der Waals surface area contributed by atoms with Crippen molar-refractivity contribution in [1.82, 2.24) is 10.2 Å². The second-order valence-corrected chi connectivity index (χ2v) is 7.39. The lowest BCUT2D eigenvalue weighted by molar-refractivity contribution is -0.113. The van der Waals surface area contributed by atoms with Crippen molar-refractivity contribution in [3.63, 3.8) is 0 Å². The summed E-state index contributed by atoms with van der Waals surface area (Å²) in [4.78, 5) is 12.1. The van der Waals surface area contributed by atoms with Crippen molar-refractivity contribution in [1.29, 1.82) is 0 Å². The van der Waals surface area contributed by atoms with Gasteiger partial charge in [-0.05, 0) is 52.4 Å². The maximum atomic E-state index is 12.1. The summed E-state index contributed by atoms with van der Waals surface area (Å²) in [5, 5.41) is 11.3. The predicted octanol–water partition coefficient (Wildman–Crippen LogP) is 4.00. The third-order valence-electron chi connectivity index (χ3n) is 3.44.